The summed E-state index contributed by atoms with van der Waals surface area (Å²) in [6.45, 7) is 8.57. The number of hydrogen-bond donors (Lipinski definition) is 1. The van der Waals surface area contributed by atoms with Gasteiger partial charge in [-0.1, -0.05) is 6.92 Å². The number of likely N-dealkylation sites (N-methyl/N-ethyl adjacent to an activating group) is 1. The molecule has 5 heteroatoms. The molecule has 2 heterocycles. The van der Waals surface area contributed by atoms with E-state index >= 15 is 0 Å². The standard InChI is InChI=1S/C15H24N4O/c1-5-7-16-13-11-12(6-8-17-13)19-10-9-18(4)14(20)15(19,2)3/h6,8,11H,5,7,9-10H2,1-4H3,(H,16,17). The minimum Gasteiger partial charge on any atom is -0.370 e. The van der Waals surface area contributed by atoms with Crippen molar-refractivity contribution in [1.82, 2.24) is 9.88 Å². The Morgan fingerprint density at radius 1 is 1.40 bits per heavy atom. The zero-order chi connectivity index (χ0) is 14.8. The van der Waals surface area contributed by atoms with Crippen molar-refractivity contribution >= 4 is 17.4 Å². The van der Waals surface area contributed by atoms with Gasteiger partial charge in [0.05, 0.1) is 0 Å². The summed E-state index contributed by atoms with van der Waals surface area (Å²) in [5.41, 5.74) is 0.529. The number of aromatic nitrogens is 1. The first kappa shape index (κ1) is 14.6. The highest BCUT2D eigenvalue weighted by molar-refractivity contribution is 5.90. The van der Waals surface area contributed by atoms with Crippen LogP contribution in [0.25, 0.3) is 0 Å². The van der Waals surface area contributed by atoms with Gasteiger partial charge >= 0.3 is 0 Å². The van der Waals surface area contributed by atoms with Crippen LogP contribution in [0, 0.1) is 0 Å². The van der Waals surface area contributed by atoms with Gasteiger partial charge in [-0.05, 0) is 26.3 Å². The molecule has 2 rings (SSSR count). The van der Waals surface area contributed by atoms with Gasteiger partial charge in [-0.15, -0.1) is 0 Å². The Balaban J connectivity index is 2.24. The smallest absolute Gasteiger partial charge is 0.247 e. The van der Waals surface area contributed by atoms with Crippen LogP contribution in [0.2, 0.25) is 0 Å². The van der Waals surface area contributed by atoms with E-state index < -0.39 is 5.54 Å². The summed E-state index contributed by atoms with van der Waals surface area (Å²) in [7, 11) is 1.86. The summed E-state index contributed by atoms with van der Waals surface area (Å²) in [6.07, 6.45) is 2.86. The van der Waals surface area contributed by atoms with Crippen LogP contribution < -0.4 is 10.2 Å². The lowest BCUT2D eigenvalue weighted by Gasteiger charge is -2.46. The van der Waals surface area contributed by atoms with E-state index in [-0.39, 0.29) is 5.91 Å². The first-order chi connectivity index (χ1) is 9.46. The number of anilines is 2. The number of hydrogen-bond acceptors (Lipinski definition) is 4. The predicted octanol–water partition coefficient (Wildman–Crippen LogP) is 1.96. The van der Waals surface area contributed by atoms with Crippen molar-refractivity contribution in [1.29, 1.82) is 0 Å². The van der Waals surface area contributed by atoms with Crippen molar-refractivity contribution in [2.45, 2.75) is 32.7 Å². The molecule has 0 aliphatic carbocycles. The van der Waals surface area contributed by atoms with Crippen LogP contribution in [0.4, 0.5) is 11.5 Å². The molecule has 1 aliphatic heterocycles. The summed E-state index contributed by atoms with van der Waals surface area (Å²) in [5.74, 6) is 1.02. The summed E-state index contributed by atoms with van der Waals surface area (Å²) >= 11 is 0. The van der Waals surface area contributed by atoms with Gasteiger partial charge in [0.25, 0.3) is 0 Å². The first-order valence-corrected chi connectivity index (χ1v) is 7.20. The number of carbonyl (C=O) groups is 1. The van der Waals surface area contributed by atoms with E-state index in [4.69, 9.17) is 0 Å². The molecular formula is C15H24N4O. The van der Waals surface area contributed by atoms with Gasteiger partial charge in [0.1, 0.15) is 11.4 Å². The van der Waals surface area contributed by atoms with Gasteiger partial charge in [0, 0.05) is 44.6 Å². The third-order valence-electron chi connectivity index (χ3n) is 3.82. The Labute approximate surface area is 121 Å². The molecule has 1 fully saturated rings. The van der Waals surface area contributed by atoms with Crippen molar-refractivity contribution in [3.63, 3.8) is 0 Å². The van der Waals surface area contributed by atoms with Gasteiger partial charge in [-0.3, -0.25) is 4.79 Å². The van der Waals surface area contributed by atoms with Crippen molar-refractivity contribution in [3.8, 4) is 0 Å². The molecule has 0 bridgehead atoms. The van der Waals surface area contributed by atoms with Gasteiger partial charge in [-0.25, -0.2) is 4.98 Å². The van der Waals surface area contributed by atoms with Gasteiger partial charge in [0.2, 0.25) is 5.91 Å². The lowest BCUT2D eigenvalue weighted by atomic mass is 9.97. The molecule has 0 spiro atoms. The summed E-state index contributed by atoms with van der Waals surface area (Å²) < 4.78 is 0. The largest absolute Gasteiger partial charge is 0.370 e. The molecule has 1 aromatic heterocycles. The molecule has 0 unspecified atom stereocenters. The Morgan fingerprint density at radius 3 is 2.85 bits per heavy atom. The number of piperazine rings is 1. The van der Waals surface area contributed by atoms with Crippen molar-refractivity contribution in [3.05, 3.63) is 18.3 Å². The molecule has 1 saturated heterocycles. The Hall–Kier alpha value is -1.78. The lowest BCUT2D eigenvalue weighted by Crippen LogP contribution is -2.62. The molecule has 1 N–H and O–H groups in total. The highest BCUT2D eigenvalue weighted by atomic mass is 16.2. The SMILES string of the molecule is CCCNc1cc(N2CCN(C)C(=O)C2(C)C)ccn1. The zero-order valence-electron chi connectivity index (χ0n) is 12.8. The summed E-state index contributed by atoms with van der Waals surface area (Å²) in [5, 5.41) is 3.29. The van der Waals surface area contributed by atoms with Crippen molar-refractivity contribution in [2.75, 3.05) is 36.9 Å². The second-order valence-electron chi connectivity index (χ2n) is 5.76. The van der Waals surface area contributed by atoms with E-state index in [9.17, 15) is 4.79 Å². The Kier molecular flexibility index (Phi) is 4.16. The average Bonchev–Trinajstić information content (AvgIpc) is 2.43. The summed E-state index contributed by atoms with van der Waals surface area (Å²) in [4.78, 5) is 20.6. The van der Waals surface area contributed by atoms with Crippen molar-refractivity contribution in [2.24, 2.45) is 0 Å². The highest BCUT2D eigenvalue weighted by Crippen LogP contribution is 2.29. The fourth-order valence-corrected chi connectivity index (χ4v) is 2.60. The molecule has 0 saturated carbocycles. The Bertz CT molecular complexity index is 487. The number of nitrogens with zero attached hydrogens (tertiary/aromatic N) is 3. The minimum atomic E-state index is -0.517. The van der Waals surface area contributed by atoms with Crippen LogP contribution in [-0.4, -0.2) is 48.0 Å². The normalized spacial score (nSPS) is 18.3. The lowest BCUT2D eigenvalue weighted by molar-refractivity contribution is -0.136. The number of amides is 1. The molecule has 1 amide bonds. The van der Waals surface area contributed by atoms with Crippen molar-refractivity contribution < 1.29 is 4.79 Å². The maximum Gasteiger partial charge on any atom is 0.247 e. The average molecular weight is 276 g/mol. The highest BCUT2D eigenvalue weighted by Gasteiger charge is 2.40. The Morgan fingerprint density at radius 2 is 2.15 bits per heavy atom. The fourth-order valence-electron chi connectivity index (χ4n) is 2.60. The predicted molar refractivity (Wildman–Crippen MR) is 82.1 cm³/mol. The van der Waals surface area contributed by atoms with E-state index in [1.54, 1.807) is 11.1 Å². The quantitative estimate of drug-likeness (QED) is 0.913. The fraction of sp³-hybridized carbons (Fsp3) is 0.600. The number of carbonyl (C=O) groups excluding carboxylic acids is 1. The molecule has 1 aromatic rings. The third-order valence-corrected chi connectivity index (χ3v) is 3.82. The second kappa shape index (κ2) is 5.69. The molecule has 20 heavy (non-hydrogen) atoms. The van der Waals surface area contributed by atoms with Crippen LogP contribution in [0.3, 0.4) is 0 Å². The molecule has 110 valence electrons. The van der Waals surface area contributed by atoms with Gasteiger partial charge in [0.15, 0.2) is 0 Å². The van der Waals surface area contributed by atoms with E-state index in [1.165, 1.54) is 0 Å². The molecular weight excluding hydrogens is 252 g/mol. The first-order valence-electron chi connectivity index (χ1n) is 7.20. The van der Waals surface area contributed by atoms with E-state index in [2.05, 4.69) is 22.1 Å². The van der Waals surface area contributed by atoms with Crippen LogP contribution in [0.5, 0.6) is 0 Å². The number of rotatable bonds is 4. The van der Waals surface area contributed by atoms with Gasteiger partial charge < -0.3 is 15.1 Å². The third kappa shape index (κ3) is 2.71. The maximum atomic E-state index is 12.3. The van der Waals surface area contributed by atoms with Crippen LogP contribution in [-0.2, 0) is 4.79 Å². The number of nitrogens with one attached hydrogen (secondary N) is 1. The molecule has 0 radical (unpaired) electrons. The van der Waals surface area contributed by atoms with E-state index in [0.717, 1.165) is 37.6 Å². The molecule has 0 aromatic carbocycles. The second-order valence-corrected chi connectivity index (χ2v) is 5.76. The molecule has 5 nitrogen and oxygen atoms in total. The van der Waals surface area contributed by atoms with Crippen LogP contribution in [0.15, 0.2) is 18.3 Å². The monoisotopic (exact) mass is 276 g/mol. The minimum absolute atomic E-state index is 0.156. The van der Waals surface area contributed by atoms with E-state index in [1.807, 2.05) is 33.0 Å². The summed E-state index contributed by atoms with van der Waals surface area (Å²) in [6, 6.07) is 3.99. The van der Waals surface area contributed by atoms with Crippen LogP contribution >= 0.6 is 0 Å². The van der Waals surface area contributed by atoms with Gasteiger partial charge in [-0.2, -0.15) is 0 Å². The number of pyridine rings is 1. The van der Waals surface area contributed by atoms with E-state index in [0.29, 0.717) is 0 Å². The maximum absolute atomic E-state index is 12.3. The molecule has 0 atom stereocenters. The van der Waals surface area contributed by atoms with Crippen LogP contribution in [0.1, 0.15) is 27.2 Å². The topological polar surface area (TPSA) is 48.5 Å². The molecule has 1 aliphatic rings. The zero-order valence-corrected chi connectivity index (χ0v) is 12.8.